The number of hydrogen-bond donors (Lipinski definition) is 1. The van der Waals surface area contributed by atoms with Crippen LogP contribution in [0.4, 0.5) is 8.78 Å². The largest absolute Gasteiger partial charge is 0.346 e. The number of aromatic nitrogens is 3. The fourth-order valence-electron chi connectivity index (χ4n) is 2.86. The van der Waals surface area contributed by atoms with Crippen LogP contribution in [0.25, 0.3) is 16.2 Å². The molecule has 0 saturated heterocycles. The molecule has 28 heavy (non-hydrogen) atoms. The second kappa shape index (κ2) is 7.47. The Balaban J connectivity index is 1.67. The number of aryl methyl sites for hydroxylation is 1. The number of rotatable bonds is 5. The van der Waals surface area contributed by atoms with E-state index < -0.39 is 17.5 Å². The summed E-state index contributed by atoms with van der Waals surface area (Å²) in [6.45, 7) is 2.16. The van der Waals surface area contributed by atoms with Gasteiger partial charge >= 0.3 is 0 Å². The number of benzene rings is 2. The molecule has 0 spiro atoms. The molecule has 0 fully saturated rings. The van der Waals surface area contributed by atoms with Crippen molar-refractivity contribution in [2.45, 2.75) is 19.9 Å². The van der Waals surface area contributed by atoms with Gasteiger partial charge in [-0.3, -0.25) is 4.79 Å². The Morgan fingerprint density at radius 2 is 1.93 bits per heavy atom. The van der Waals surface area contributed by atoms with E-state index in [-0.39, 0.29) is 12.1 Å². The number of nitrogens with one attached hydrogen (secondary N) is 1. The van der Waals surface area contributed by atoms with E-state index in [1.54, 1.807) is 4.52 Å². The Bertz CT molecular complexity index is 1150. The highest BCUT2D eigenvalue weighted by atomic mass is 32.1. The number of imidazole rings is 1. The molecule has 2 aromatic heterocycles. The minimum Gasteiger partial charge on any atom is -0.346 e. The Kier molecular flexibility index (Phi) is 4.87. The van der Waals surface area contributed by atoms with E-state index in [2.05, 4.69) is 15.4 Å². The van der Waals surface area contributed by atoms with Gasteiger partial charge in [0.2, 0.25) is 4.96 Å². The van der Waals surface area contributed by atoms with Crippen molar-refractivity contribution in [3.05, 3.63) is 76.4 Å². The number of hydrogen-bond acceptors (Lipinski definition) is 4. The van der Waals surface area contributed by atoms with Gasteiger partial charge in [-0.25, -0.2) is 18.3 Å². The highest BCUT2D eigenvalue weighted by Gasteiger charge is 2.19. The Hall–Kier alpha value is -3.13. The minimum atomic E-state index is -1.06. The lowest BCUT2D eigenvalue weighted by Crippen LogP contribution is -2.24. The van der Waals surface area contributed by atoms with Crippen molar-refractivity contribution >= 4 is 22.2 Å². The smallest absolute Gasteiger partial charge is 0.251 e. The molecule has 2 heterocycles. The Morgan fingerprint density at radius 3 is 2.64 bits per heavy atom. The average Bonchev–Trinajstić information content (AvgIpc) is 3.26. The van der Waals surface area contributed by atoms with Crippen LogP contribution in [0.5, 0.6) is 0 Å². The normalized spacial score (nSPS) is 11.1. The maximum atomic E-state index is 13.4. The molecule has 0 aliphatic heterocycles. The van der Waals surface area contributed by atoms with Gasteiger partial charge in [0.05, 0.1) is 17.9 Å². The standard InChI is InChI=1S/C20H16F2N4OS/c1-2-17-25-26-16(11-23-19(27)13-8-9-14(21)15(22)10-13)18(24-20(26)28-17)12-6-4-3-5-7-12/h3-10H,2,11H2,1H3,(H,23,27). The van der Waals surface area contributed by atoms with Crippen molar-refractivity contribution < 1.29 is 13.6 Å². The van der Waals surface area contributed by atoms with Crippen LogP contribution in [-0.4, -0.2) is 20.5 Å². The van der Waals surface area contributed by atoms with E-state index in [0.717, 1.165) is 45.5 Å². The van der Waals surface area contributed by atoms with Crippen LogP contribution in [0.2, 0.25) is 0 Å². The second-order valence-electron chi connectivity index (χ2n) is 6.13. The summed E-state index contributed by atoms with van der Waals surface area (Å²) in [4.78, 5) is 17.8. The van der Waals surface area contributed by atoms with Crippen LogP contribution in [0.1, 0.15) is 28.0 Å². The van der Waals surface area contributed by atoms with Crippen LogP contribution >= 0.6 is 11.3 Å². The summed E-state index contributed by atoms with van der Waals surface area (Å²) < 4.78 is 28.2. The van der Waals surface area contributed by atoms with Gasteiger partial charge in [-0.2, -0.15) is 5.10 Å². The van der Waals surface area contributed by atoms with Crippen LogP contribution in [-0.2, 0) is 13.0 Å². The molecule has 0 unspecified atom stereocenters. The van der Waals surface area contributed by atoms with E-state index in [1.807, 2.05) is 37.3 Å². The number of carbonyl (C=O) groups is 1. The molecule has 4 aromatic rings. The fourth-order valence-corrected chi connectivity index (χ4v) is 3.71. The van der Waals surface area contributed by atoms with Gasteiger partial charge in [0, 0.05) is 11.1 Å². The van der Waals surface area contributed by atoms with Gasteiger partial charge in [0.15, 0.2) is 11.6 Å². The molecule has 0 aliphatic carbocycles. The monoisotopic (exact) mass is 398 g/mol. The predicted octanol–water partition coefficient (Wildman–Crippen LogP) is 4.23. The number of carbonyl (C=O) groups excluding carboxylic acids is 1. The third kappa shape index (κ3) is 3.38. The molecule has 0 bridgehead atoms. The molecule has 4 rings (SSSR count). The summed E-state index contributed by atoms with van der Waals surface area (Å²) in [6.07, 6.45) is 0.787. The van der Waals surface area contributed by atoms with Gasteiger partial charge in [-0.1, -0.05) is 48.6 Å². The fraction of sp³-hybridized carbons (Fsp3) is 0.150. The minimum absolute atomic E-state index is 0.0495. The molecular formula is C20H16F2N4OS. The lowest BCUT2D eigenvalue weighted by atomic mass is 10.1. The number of halogens is 2. The molecule has 8 heteroatoms. The van der Waals surface area contributed by atoms with E-state index in [0.29, 0.717) is 0 Å². The molecular weight excluding hydrogens is 382 g/mol. The highest BCUT2D eigenvalue weighted by molar-refractivity contribution is 7.16. The number of fused-ring (bicyclic) bond motifs is 1. The molecule has 0 aliphatic rings. The predicted molar refractivity (Wildman–Crippen MR) is 103 cm³/mol. The number of amides is 1. The highest BCUT2D eigenvalue weighted by Crippen LogP contribution is 2.27. The van der Waals surface area contributed by atoms with Gasteiger partial charge in [-0.15, -0.1) is 0 Å². The first kappa shape index (κ1) is 18.2. The zero-order valence-corrected chi connectivity index (χ0v) is 15.8. The molecule has 1 N–H and O–H groups in total. The topological polar surface area (TPSA) is 59.3 Å². The average molecular weight is 398 g/mol. The van der Waals surface area contributed by atoms with Crippen LogP contribution in [0, 0.1) is 11.6 Å². The molecule has 0 radical (unpaired) electrons. The Labute approximate surface area is 163 Å². The third-order valence-electron chi connectivity index (χ3n) is 4.29. The van der Waals surface area contributed by atoms with Crippen molar-refractivity contribution in [3.63, 3.8) is 0 Å². The lowest BCUT2D eigenvalue weighted by molar-refractivity contribution is 0.0949. The maximum Gasteiger partial charge on any atom is 0.251 e. The van der Waals surface area contributed by atoms with Crippen molar-refractivity contribution in [3.8, 4) is 11.3 Å². The van der Waals surface area contributed by atoms with Crippen molar-refractivity contribution in [1.82, 2.24) is 19.9 Å². The summed E-state index contributed by atoms with van der Waals surface area (Å²) in [7, 11) is 0. The van der Waals surface area contributed by atoms with Crippen molar-refractivity contribution in [2.24, 2.45) is 0 Å². The van der Waals surface area contributed by atoms with Crippen LogP contribution in [0.3, 0.4) is 0 Å². The summed E-state index contributed by atoms with van der Waals surface area (Å²) >= 11 is 1.50. The summed E-state index contributed by atoms with van der Waals surface area (Å²) in [5, 5.41) is 8.26. The quantitative estimate of drug-likeness (QED) is 0.547. The van der Waals surface area contributed by atoms with Gasteiger partial charge in [0.1, 0.15) is 5.01 Å². The van der Waals surface area contributed by atoms with E-state index in [1.165, 1.54) is 17.4 Å². The third-order valence-corrected chi connectivity index (χ3v) is 5.34. The molecule has 2 aromatic carbocycles. The second-order valence-corrected chi connectivity index (χ2v) is 7.17. The van der Waals surface area contributed by atoms with Crippen molar-refractivity contribution in [1.29, 1.82) is 0 Å². The summed E-state index contributed by atoms with van der Waals surface area (Å²) in [5.41, 5.74) is 2.42. The zero-order chi connectivity index (χ0) is 19.7. The Morgan fingerprint density at radius 1 is 1.14 bits per heavy atom. The van der Waals surface area contributed by atoms with Crippen molar-refractivity contribution in [2.75, 3.05) is 0 Å². The van der Waals surface area contributed by atoms with Crippen LogP contribution < -0.4 is 5.32 Å². The van der Waals surface area contributed by atoms with E-state index in [9.17, 15) is 13.6 Å². The maximum absolute atomic E-state index is 13.4. The van der Waals surface area contributed by atoms with Gasteiger partial charge in [-0.05, 0) is 24.6 Å². The summed E-state index contributed by atoms with van der Waals surface area (Å²) in [5.74, 6) is -2.55. The molecule has 5 nitrogen and oxygen atoms in total. The first-order chi connectivity index (χ1) is 13.6. The molecule has 0 atom stereocenters. The number of nitrogens with zero attached hydrogens (tertiary/aromatic N) is 3. The summed E-state index contributed by atoms with van der Waals surface area (Å²) in [6, 6.07) is 12.7. The van der Waals surface area contributed by atoms with Crippen LogP contribution in [0.15, 0.2) is 48.5 Å². The SMILES string of the molecule is CCc1nn2c(CNC(=O)c3ccc(F)c(F)c3)c(-c3ccccc3)nc2s1. The van der Waals surface area contributed by atoms with Gasteiger partial charge < -0.3 is 5.32 Å². The molecule has 1 amide bonds. The van der Waals surface area contributed by atoms with E-state index in [4.69, 9.17) is 0 Å². The molecule has 0 saturated carbocycles. The zero-order valence-electron chi connectivity index (χ0n) is 14.9. The lowest BCUT2D eigenvalue weighted by Gasteiger charge is -2.07. The first-order valence-corrected chi connectivity index (χ1v) is 9.54. The van der Waals surface area contributed by atoms with Gasteiger partial charge in [0.25, 0.3) is 5.91 Å². The van der Waals surface area contributed by atoms with E-state index >= 15 is 0 Å². The first-order valence-electron chi connectivity index (χ1n) is 8.72. The molecule has 142 valence electrons.